The first-order valence-corrected chi connectivity index (χ1v) is 24.3. The van der Waals surface area contributed by atoms with Gasteiger partial charge in [0.25, 0.3) is 0 Å². The molecule has 0 bridgehead atoms. The molecule has 1 aliphatic heterocycles. The second kappa shape index (κ2) is 43.4. The summed E-state index contributed by atoms with van der Waals surface area (Å²) in [5.74, 6) is -0.339. The summed E-state index contributed by atoms with van der Waals surface area (Å²) in [5.41, 5.74) is 0. The summed E-state index contributed by atoms with van der Waals surface area (Å²) in [5, 5.41) is 40.2. The summed E-state index contributed by atoms with van der Waals surface area (Å²) >= 11 is 0. The van der Waals surface area contributed by atoms with Crippen LogP contribution in [0.5, 0.6) is 0 Å². The zero-order valence-electron chi connectivity index (χ0n) is 38.8. The van der Waals surface area contributed by atoms with Gasteiger partial charge in [0.2, 0.25) is 0 Å². The second-order valence-electron chi connectivity index (χ2n) is 16.2. The molecule has 0 amide bonds. The topological polar surface area (TPSA) is 135 Å². The van der Waals surface area contributed by atoms with Crippen molar-refractivity contribution in [3.8, 4) is 0 Å². The predicted molar refractivity (Wildman–Crippen MR) is 256 cm³/mol. The zero-order valence-corrected chi connectivity index (χ0v) is 38.8. The van der Waals surface area contributed by atoms with Crippen molar-refractivity contribution in [2.45, 2.75) is 205 Å². The first-order chi connectivity index (χ1) is 30.4. The fraction of sp³-hybridized carbons (Fsp3) is 0.679. The van der Waals surface area contributed by atoms with Gasteiger partial charge in [0.15, 0.2) is 6.29 Å². The lowest BCUT2D eigenvalue weighted by Gasteiger charge is -2.39. The van der Waals surface area contributed by atoms with Gasteiger partial charge in [0, 0.05) is 13.0 Å². The largest absolute Gasteiger partial charge is 0.457 e. The Morgan fingerprint density at radius 3 is 1.48 bits per heavy atom. The molecule has 0 radical (unpaired) electrons. The number of rotatable bonds is 40. The van der Waals surface area contributed by atoms with Crippen molar-refractivity contribution < 1.29 is 44.2 Å². The van der Waals surface area contributed by atoms with Crippen molar-refractivity contribution in [1.82, 2.24) is 0 Å². The van der Waals surface area contributed by atoms with Crippen LogP contribution in [0.3, 0.4) is 0 Å². The van der Waals surface area contributed by atoms with E-state index in [2.05, 4.69) is 111 Å². The van der Waals surface area contributed by atoms with E-state index in [0.29, 0.717) is 13.0 Å². The number of carbonyl (C=O) groups excluding carboxylic acids is 1. The van der Waals surface area contributed by atoms with Crippen molar-refractivity contribution >= 4 is 5.97 Å². The molecule has 0 aromatic rings. The lowest BCUT2D eigenvalue weighted by molar-refractivity contribution is -0.305. The summed E-state index contributed by atoms with van der Waals surface area (Å²) in [6.07, 6.45) is 52.9. The van der Waals surface area contributed by atoms with Gasteiger partial charge >= 0.3 is 5.97 Å². The number of esters is 1. The van der Waals surface area contributed by atoms with Crippen molar-refractivity contribution in [3.63, 3.8) is 0 Å². The Labute approximate surface area is 377 Å². The molecule has 354 valence electrons. The van der Waals surface area contributed by atoms with Crippen LogP contribution in [0.1, 0.15) is 168 Å². The van der Waals surface area contributed by atoms with Gasteiger partial charge in [-0.15, -0.1) is 0 Å². The van der Waals surface area contributed by atoms with Gasteiger partial charge in [-0.05, 0) is 96.3 Å². The van der Waals surface area contributed by atoms with Crippen molar-refractivity contribution in [1.29, 1.82) is 0 Å². The molecule has 1 fully saturated rings. The van der Waals surface area contributed by atoms with Crippen molar-refractivity contribution in [3.05, 3.63) is 97.2 Å². The summed E-state index contributed by atoms with van der Waals surface area (Å²) in [6.45, 7) is 4.33. The highest BCUT2D eigenvalue weighted by molar-refractivity contribution is 5.69. The quantitative estimate of drug-likeness (QED) is 0.0270. The summed E-state index contributed by atoms with van der Waals surface area (Å²) in [7, 11) is 0. The van der Waals surface area contributed by atoms with Gasteiger partial charge in [-0.25, -0.2) is 0 Å². The van der Waals surface area contributed by atoms with E-state index in [0.717, 1.165) is 122 Å². The fourth-order valence-electron chi connectivity index (χ4n) is 6.70. The van der Waals surface area contributed by atoms with Crippen LogP contribution in [0.15, 0.2) is 97.2 Å². The minimum atomic E-state index is -1.55. The Kier molecular flexibility index (Phi) is 40.0. The molecule has 4 N–H and O–H groups in total. The molecule has 1 aliphatic rings. The van der Waals surface area contributed by atoms with Crippen LogP contribution in [0.2, 0.25) is 0 Å². The minimum absolute atomic E-state index is 0.119. The first kappa shape index (κ1) is 57.1. The molecule has 1 heterocycles. The lowest BCUT2D eigenvalue weighted by atomic mass is 9.99. The van der Waals surface area contributed by atoms with E-state index in [4.69, 9.17) is 18.9 Å². The lowest BCUT2D eigenvalue weighted by Crippen LogP contribution is -2.59. The maximum atomic E-state index is 12.8. The third-order valence-corrected chi connectivity index (χ3v) is 10.5. The molecule has 1 saturated heterocycles. The number of aliphatic hydroxyl groups is 4. The molecule has 0 spiro atoms. The maximum Gasteiger partial charge on any atom is 0.306 e. The second-order valence-corrected chi connectivity index (χ2v) is 16.2. The molecule has 9 heteroatoms. The van der Waals surface area contributed by atoms with Gasteiger partial charge in [-0.3, -0.25) is 4.79 Å². The number of unbranched alkanes of at least 4 members (excludes halogenated alkanes) is 13. The Balaban J connectivity index is 2.26. The molecule has 0 aromatic carbocycles. The van der Waals surface area contributed by atoms with Crippen molar-refractivity contribution in [2.75, 3.05) is 26.4 Å². The van der Waals surface area contributed by atoms with Gasteiger partial charge in [0.1, 0.15) is 30.5 Å². The molecule has 0 aromatic heterocycles. The highest BCUT2D eigenvalue weighted by Gasteiger charge is 2.44. The van der Waals surface area contributed by atoms with E-state index in [-0.39, 0.29) is 19.2 Å². The SMILES string of the molecule is CC/C=C\C/C=C\C/C=C\C/C=C\C/C=C\C/C=C\CCCCCCCOCC(COC1OC(CO)C(O)C(O)C1O)OC(=O)CCCCCCC/C=C\C/C=C\CCCCC. The summed E-state index contributed by atoms with van der Waals surface area (Å²) < 4.78 is 22.8. The highest BCUT2D eigenvalue weighted by Crippen LogP contribution is 2.22. The van der Waals surface area contributed by atoms with Gasteiger partial charge in [-0.2, -0.15) is 0 Å². The molecule has 1 rings (SSSR count). The predicted octanol–water partition coefficient (Wildman–Crippen LogP) is 11.6. The number of hydrogen-bond donors (Lipinski definition) is 4. The Bertz CT molecular complexity index is 1260. The zero-order chi connectivity index (χ0) is 45.0. The molecule has 6 atom stereocenters. The average molecular weight is 869 g/mol. The van der Waals surface area contributed by atoms with Gasteiger partial charge in [0.05, 0.1) is 19.8 Å². The number of aliphatic hydroxyl groups excluding tert-OH is 4. The third-order valence-electron chi connectivity index (χ3n) is 10.5. The Hall–Kier alpha value is -2.89. The Morgan fingerprint density at radius 2 is 0.984 bits per heavy atom. The van der Waals surface area contributed by atoms with E-state index in [1.54, 1.807) is 0 Å². The van der Waals surface area contributed by atoms with Crippen LogP contribution in [-0.2, 0) is 23.7 Å². The molecule has 6 unspecified atom stereocenters. The molecule has 0 saturated carbocycles. The number of ether oxygens (including phenoxy) is 4. The molecule has 62 heavy (non-hydrogen) atoms. The normalized spacial score (nSPS) is 20.6. The van der Waals surface area contributed by atoms with Crippen LogP contribution in [0.4, 0.5) is 0 Å². The van der Waals surface area contributed by atoms with Crippen LogP contribution in [0.25, 0.3) is 0 Å². The molecular formula is C53H88O9. The number of hydrogen-bond acceptors (Lipinski definition) is 9. The first-order valence-electron chi connectivity index (χ1n) is 24.3. The van der Waals surface area contributed by atoms with Crippen LogP contribution in [-0.4, -0.2) is 89.6 Å². The highest BCUT2D eigenvalue weighted by atomic mass is 16.7. The number of carbonyl (C=O) groups is 1. The maximum absolute atomic E-state index is 12.8. The Morgan fingerprint density at radius 1 is 0.532 bits per heavy atom. The molecule has 9 nitrogen and oxygen atoms in total. The van der Waals surface area contributed by atoms with E-state index < -0.39 is 43.4 Å². The van der Waals surface area contributed by atoms with E-state index in [1.165, 1.54) is 25.7 Å². The molecular weight excluding hydrogens is 781 g/mol. The van der Waals surface area contributed by atoms with Crippen molar-refractivity contribution in [2.24, 2.45) is 0 Å². The van der Waals surface area contributed by atoms with E-state index >= 15 is 0 Å². The van der Waals surface area contributed by atoms with Crippen LogP contribution >= 0.6 is 0 Å². The smallest absolute Gasteiger partial charge is 0.306 e. The summed E-state index contributed by atoms with van der Waals surface area (Å²) in [4.78, 5) is 12.8. The van der Waals surface area contributed by atoms with E-state index in [9.17, 15) is 25.2 Å². The monoisotopic (exact) mass is 869 g/mol. The molecule has 0 aliphatic carbocycles. The average Bonchev–Trinajstić information content (AvgIpc) is 3.27. The number of allylic oxidation sites excluding steroid dienone is 16. The fourth-order valence-corrected chi connectivity index (χ4v) is 6.70. The van der Waals surface area contributed by atoms with Crippen LogP contribution in [0, 0.1) is 0 Å². The van der Waals surface area contributed by atoms with Crippen LogP contribution < -0.4 is 0 Å². The van der Waals surface area contributed by atoms with E-state index in [1.807, 2.05) is 0 Å². The van der Waals surface area contributed by atoms with Gasteiger partial charge < -0.3 is 39.4 Å². The standard InChI is InChI=1S/C53H88O9/c1-3-5-7-9-11-13-15-17-19-20-21-22-23-24-25-26-27-29-31-33-35-37-39-41-43-59-45-47(46-60-53-52(58)51(57)50(56)48(44-54)62-53)61-49(55)42-40-38-36-34-32-30-28-18-16-14-12-10-8-6-4-2/h5,7,11-14,17-19,21-22,24-25,27-29,47-48,50-54,56-58H,3-4,6,8-10,15-16,20,23,26,30-46H2,1-2H3/b7-5-,13-11-,14-12-,19-17-,22-21-,25-24-,28-18-,29-27-. The summed E-state index contributed by atoms with van der Waals surface area (Å²) in [6, 6.07) is 0. The minimum Gasteiger partial charge on any atom is -0.457 e. The van der Waals surface area contributed by atoms with Gasteiger partial charge in [-0.1, -0.05) is 162 Å². The third kappa shape index (κ3) is 33.6.